The first-order valence-electron chi connectivity index (χ1n) is 10.0. The molecule has 2 aromatic carbocycles. The Hall–Kier alpha value is -3.40. The third-order valence-electron chi connectivity index (χ3n) is 4.86. The molecule has 0 bridgehead atoms. The van der Waals surface area contributed by atoms with E-state index in [0.717, 1.165) is 11.3 Å². The van der Waals surface area contributed by atoms with E-state index < -0.39 is 34.0 Å². The van der Waals surface area contributed by atoms with Gasteiger partial charge in [0.25, 0.3) is 15.9 Å². The number of nitrogens with zero attached hydrogens (tertiary/aromatic N) is 1. The van der Waals surface area contributed by atoms with Gasteiger partial charge in [-0.3, -0.25) is 14.5 Å². The van der Waals surface area contributed by atoms with Crippen LogP contribution in [0.1, 0.15) is 25.0 Å². The maximum atomic E-state index is 12.4. The van der Waals surface area contributed by atoms with Crippen molar-refractivity contribution in [3.05, 3.63) is 59.7 Å². The number of esters is 1. The van der Waals surface area contributed by atoms with Crippen molar-refractivity contribution in [1.29, 1.82) is 0 Å². The van der Waals surface area contributed by atoms with Gasteiger partial charge in [-0.05, 0) is 50.1 Å². The molecule has 0 saturated heterocycles. The fraction of sp³-hybridized carbons (Fsp3) is 0.318. The number of hydrogen-bond donors (Lipinski definition) is 2. The summed E-state index contributed by atoms with van der Waals surface area (Å²) in [7, 11) is -2.11. The number of nitrogens with one attached hydrogen (secondary N) is 2. The molecular weight excluding hydrogens is 434 g/mol. The highest BCUT2D eigenvalue weighted by Crippen LogP contribution is 2.22. The summed E-state index contributed by atoms with van der Waals surface area (Å²) in [5, 5.41) is 2.73. The zero-order valence-electron chi connectivity index (χ0n) is 18.0. The molecule has 10 heteroatoms. The summed E-state index contributed by atoms with van der Waals surface area (Å²) >= 11 is 0. The van der Waals surface area contributed by atoms with Crippen molar-refractivity contribution < 1.29 is 27.5 Å². The summed E-state index contributed by atoms with van der Waals surface area (Å²) in [4.78, 5) is 28.9. The SMILES string of the molecule is COc1ccc(CCNC(=O)C(C)OC(=O)[C@H](C)N=C2NS(=O)(=O)c3ccccc32)cc1. The fourth-order valence-corrected chi connectivity index (χ4v) is 4.31. The summed E-state index contributed by atoms with van der Waals surface area (Å²) in [5.41, 5.74) is 1.41. The standard InChI is InChI=1S/C22H25N3O6S/c1-14(24-20-18-6-4-5-7-19(18)32(28,29)25-20)22(27)31-15(2)21(26)23-13-12-16-8-10-17(30-3)11-9-16/h4-11,14-15H,12-13H2,1-3H3,(H,23,26)(H,24,25)/t14-,15?/m0/s1. The number of benzene rings is 2. The zero-order valence-corrected chi connectivity index (χ0v) is 18.8. The molecule has 170 valence electrons. The van der Waals surface area contributed by atoms with E-state index in [1.807, 2.05) is 24.3 Å². The van der Waals surface area contributed by atoms with Gasteiger partial charge in [0, 0.05) is 12.1 Å². The van der Waals surface area contributed by atoms with Gasteiger partial charge in [0.2, 0.25) is 0 Å². The first-order chi connectivity index (χ1) is 15.2. The molecule has 1 aliphatic rings. The van der Waals surface area contributed by atoms with Crippen LogP contribution in [-0.2, 0) is 30.8 Å². The van der Waals surface area contributed by atoms with E-state index in [4.69, 9.17) is 9.47 Å². The lowest BCUT2D eigenvalue weighted by Crippen LogP contribution is -2.38. The number of rotatable bonds is 8. The molecule has 0 fully saturated rings. The number of amides is 1. The van der Waals surface area contributed by atoms with Gasteiger partial charge in [0.05, 0.1) is 12.0 Å². The smallest absolute Gasteiger partial charge is 0.331 e. The van der Waals surface area contributed by atoms with Crippen molar-refractivity contribution in [2.24, 2.45) is 4.99 Å². The Morgan fingerprint density at radius 3 is 2.47 bits per heavy atom. The van der Waals surface area contributed by atoms with Crippen LogP contribution in [0.25, 0.3) is 0 Å². The Morgan fingerprint density at radius 1 is 1.09 bits per heavy atom. The number of carbonyl (C=O) groups excluding carboxylic acids is 2. The molecule has 3 rings (SSSR count). The van der Waals surface area contributed by atoms with Crippen molar-refractivity contribution in [1.82, 2.24) is 10.0 Å². The van der Waals surface area contributed by atoms with Crippen LogP contribution in [0.3, 0.4) is 0 Å². The van der Waals surface area contributed by atoms with Gasteiger partial charge in [-0.25, -0.2) is 13.2 Å². The van der Waals surface area contributed by atoms with E-state index in [-0.39, 0.29) is 10.7 Å². The molecular formula is C22H25N3O6S. The Bertz CT molecular complexity index is 1130. The first kappa shape index (κ1) is 23.3. The summed E-state index contributed by atoms with van der Waals surface area (Å²) in [6.45, 7) is 3.32. The van der Waals surface area contributed by atoms with Gasteiger partial charge >= 0.3 is 5.97 Å². The molecule has 0 saturated carbocycles. The summed E-state index contributed by atoms with van der Waals surface area (Å²) in [5.74, 6) is -0.343. The maximum Gasteiger partial charge on any atom is 0.331 e. The molecule has 0 aromatic heterocycles. The molecule has 1 aliphatic heterocycles. The molecule has 9 nitrogen and oxygen atoms in total. The Kier molecular flexibility index (Phi) is 7.14. The maximum absolute atomic E-state index is 12.4. The number of ether oxygens (including phenoxy) is 2. The normalized spacial score (nSPS) is 17.0. The van der Waals surface area contributed by atoms with Crippen LogP contribution >= 0.6 is 0 Å². The van der Waals surface area contributed by atoms with E-state index in [1.165, 1.54) is 19.9 Å². The second-order valence-corrected chi connectivity index (χ2v) is 8.87. The first-order valence-corrected chi connectivity index (χ1v) is 11.5. The van der Waals surface area contributed by atoms with Crippen LogP contribution < -0.4 is 14.8 Å². The molecule has 0 spiro atoms. The molecule has 0 radical (unpaired) electrons. The third-order valence-corrected chi connectivity index (χ3v) is 6.26. The van der Waals surface area contributed by atoms with E-state index >= 15 is 0 Å². The number of fused-ring (bicyclic) bond motifs is 1. The minimum atomic E-state index is -3.70. The third kappa shape index (κ3) is 5.44. The van der Waals surface area contributed by atoms with Crippen LogP contribution in [0, 0.1) is 0 Å². The van der Waals surface area contributed by atoms with Gasteiger partial charge in [-0.1, -0.05) is 24.3 Å². The lowest BCUT2D eigenvalue weighted by atomic mass is 10.1. The number of methoxy groups -OCH3 is 1. The predicted molar refractivity (Wildman–Crippen MR) is 118 cm³/mol. The van der Waals surface area contributed by atoms with Crippen LogP contribution in [0.15, 0.2) is 58.4 Å². The largest absolute Gasteiger partial charge is 0.497 e. The van der Waals surface area contributed by atoms with Gasteiger partial charge in [0.1, 0.15) is 17.6 Å². The molecule has 2 atom stereocenters. The summed E-state index contributed by atoms with van der Waals surface area (Å²) in [6, 6.07) is 12.8. The second kappa shape index (κ2) is 9.82. The van der Waals surface area contributed by atoms with Crippen LogP contribution in [0.4, 0.5) is 0 Å². The van der Waals surface area contributed by atoms with Gasteiger partial charge in [-0.2, -0.15) is 0 Å². The second-order valence-electron chi connectivity index (χ2n) is 7.22. The van der Waals surface area contributed by atoms with Gasteiger partial charge in [-0.15, -0.1) is 0 Å². The van der Waals surface area contributed by atoms with Crippen LogP contribution in [-0.4, -0.2) is 51.9 Å². The fourth-order valence-electron chi connectivity index (χ4n) is 3.07. The highest BCUT2D eigenvalue weighted by molar-refractivity contribution is 7.90. The van der Waals surface area contributed by atoms with Crippen molar-refractivity contribution in [3.63, 3.8) is 0 Å². The van der Waals surface area contributed by atoms with E-state index in [2.05, 4.69) is 15.0 Å². The minimum Gasteiger partial charge on any atom is -0.497 e. The Morgan fingerprint density at radius 2 is 1.78 bits per heavy atom. The zero-order chi connectivity index (χ0) is 23.3. The van der Waals surface area contributed by atoms with Crippen molar-refractivity contribution in [2.45, 2.75) is 37.3 Å². The van der Waals surface area contributed by atoms with Crippen LogP contribution in [0.5, 0.6) is 5.75 Å². The van der Waals surface area contributed by atoms with Crippen LogP contribution in [0.2, 0.25) is 0 Å². The topological polar surface area (TPSA) is 123 Å². The molecule has 32 heavy (non-hydrogen) atoms. The average molecular weight is 460 g/mol. The Balaban J connectivity index is 1.52. The van der Waals surface area contributed by atoms with E-state index in [1.54, 1.807) is 25.3 Å². The number of carbonyl (C=O) groups is 2. The Labute approximate surface area is 186 Å². The van der Waals surface area contributed by atoms with Crippen molar-refractivity contribution in [2.75, 3.05) is 13.7 Å². The molecule has 1 unspecified atom stereocenters. The highest BCUT2D eigenvalue weighted by atomic mass is 32.2. The monoisotopic (exact) mass is 459 g/mol. The van der Waals surface area contributed by atoms with E-state index in [0.29, 0.717) is 18.5 Å². The van der Waals surface area contributed by atoms with Crippen molar-refractivity contribution in [3.8, 4) is 5.75 Å². The van der Waals surface area contributed by atoms with Crippen molar-refractivity contribution >= 4 is 27.7 Å². The number of sulfonamides is 1. The molecule has 2 aromatic rings. The molecule has 1 heterocycles. The van der Waals surface area contributed by atoms with Gasteiger partial charge < -0.3 is 14.8 Å². The molecule has 1 amide bonds. The number of aliphatic imine (C=N–C) groups is 1. The number of amidine groups is 1. The van der Waals surface area contributed by atoms with Gasteiger partial charge in [0.15, 0.2) is 6.10 Å². The molecule has 2 N–H and O–H groups in total. The highest BCUT2D eigenvalue weighted by Gasteiger charge is 2.31. The summed E-state index contributed by atoms with van der Waals surface area (Å²) in [6.07, 6.45) is -0.409. The quantitative estimate of drug-likeness (QED) is 0.576. The minimum absolute atomic E-state index is 0.0710. The lowest BCUT2D eigenvalue weighted by Gasteiger charge is -2.15. The lowest BCUT2D eigenvalue weighted by molar-refractivity contribution is -0.155. The predicted octanol–water partition coefficient (Wildman–Crippen LogP) is 1.41. The molecule has 0 aliphatic carbocycles. The summed E-state index contributed by atoms with van der Waals surface area (Å²) < 4.78 is 36.9. The average Bonchev–Trinajstić information content (AvgIpc) is 3.04. The number of hydrogen-bond acceptors (Lipinski definition) is 7. The van der Waals surface area contributed by atoms with E-state index in [9.17, 15) is 18.0 Å².